The quantitative estimate of drug-likeness (QED) is 0.644. The Labute approximate surface area is 108 Å². The van der Waals surface area contributed by atoms with Gasteiger partial charge in [-0.15, -0.1) is 0 Å². The van der Waals surface area contributed by atoms with E-state index in [1.54, 1.807) is 7.11 Å². The van der Waals surface area contributed by atoms with Crippen LogP contribution in [-0.4, -0.2) is 42.4 Å². The molecule has 1 heterocycles. The SMILES string of the molecule is CNc1cc(NCC(C)CCO)nc(COC)n1. The number of methoxy groups -OCH3 is 1. The van der Waals surface area contributed by atoms with Gasteiger partial charge in [0, 0.05) is 33.4 Å². The van der Waals surface area contributed by atoms with Gasteiger partial charge in [-0.25, -0.2) is 9.97 Å². The number of nitrogens with zero attached hydrogens (tertiary/aromatic N) is 2. The molecule has 0 aliphatic rings. The fourth-order valence-electron chi connectivity index (χ4n) is 1.51. The molecule has 102 valence electrons. The summed E-state index contributed by atoms with van der Waals surface area (Å²) >= 11 is 0. The number of rotatable bonds is 8. The second-order valence-electron chi connectivity index (χ2n) is 4.24. The molecule has 0 aliphatic heterocycles. The highest BCUT2D eigenvalue weighted by molar-refractivity contribution is 5.47. The first-order chi connectivity index (χ1) is 8.69. The van der Waals surface area contributed by atoms with E-state index in [-0.39, 0.29) is 6.61 Å². The Morgan fingerprint density at radius 2 is 2.11 bits per heavy atom. The zero-order chi connectivity index (χ0) is 13.4. The Bertz CT molecular complexity index is 360. The highest BCUT2D eigenvalue weighted by Gasteiger charge is 2.05. The van der Waals surface area contributed by atoms with Crippen molar-refractivity contribution in [3.05, 3.63) is 11.9 Å². The van der Waals surface area contributed by atoms with Gasteiger partial charge in [0.25, 0.3) is 0 Å². The molecule has 0 spiro atoms. The van der Waals surface area contributed by atoms with Crippen LogP contribution in [0.2, 0.25) is 0 Å². The van der Waals surface area contributed by atoms with Crippen molar-refractivity contribution in [1.29, 1.82) is 0 Å². The van der Waals surface area contributed by atoms with Crippen molar-refractivity contribution in [2.24, 2.45) is 5.92 Å². The van der Waals surface area contributed by atoms with Crippen LogP contribution in [0.1, 0.15) is 19.2 Å². The fourth-order valence-corrected chi connectivity index (χ4v) is 1.51. The molecule has 0 fully saturated rings. The number of hydrogen-bond donors (Lipinski definition) is 3. The normalized spacial score (nSPS) is 12.2. The van der Waals surface area contributed by atoms with E-state index in [1.165, 1.54) is 0 Å². The summed E-state index contributed by atoms with van der Waals surface area (Å²) in [5.74, 6) is 2.57. The molecule has 0 aromatic carbocycles. The van der Waals surface area contributed by atoms with E-state index in [1.807, 2.05) is 13.1 Å². The smallest absolute Gasteiger partial charge is 0.158 e. The van der Waals surface area contributed by atoms with Crippen LogP contribution in [0.25, 0.3) is 0 Å². The maximum atomic E-state index is 8.85. The van der Waals surface area contributed by atoms with Crippen molar-refractivity contribution in [1.82, 2.24) is 9.97 Å². The Morgan fingerprint density at radius 1 is 1.39 bits per heavy atom. The van der Waals surface area contributed by atoms with E-state index in [4.69, 9.17) is 9.84 Å². The van der Waals surface area contributed by atoms with E-state index >= 15 is 0 Å². The van der Waals surface area contributed by atoms with Gasteiger partial charge in [-0.1, -0.05) is 6.92 Å². The van der Waals surface area contributed by atoms with E-state index in [0.717, 1.165) is 24.6 Å². The lowest BCUT2D eigenvalue weighted by Crippen LogP contribution is -2.14. The lowest BCUT2D eigenvalue weighted by molar-refractivity contribution is 0.178. The van der Waals surface area contributed by atoms with Crippen molar-refractivity contribution in [3.8, 4) is 0 Å². The number of aliphatic hydroxyl groups is 1. The minimum Gasteiger partial charge on any atom is -0.396 e. The first kappa shape index (κ1) is 14.7. The van der Waals surface area contributed by atoms with Crippen LogP contribution in [0.4, 0.5) is 11.6 Å². The number of aromatic nitrogens is 2. The first-order valence-corrected chi connectivity index (χ1v) is 6.09. The summed E-state index contributed by atoms with van der Waals surface area (Å²) in [4.78, 5) is 8.63. The minimum absolute atomic E-state index is 0.212. The van der Waals surface area contributed by atoms with Crippen molar-refractivity contribution >= 4 is 11.6 Å². The van der Waals surface area contributed by atoms with Gasteiger partial charge >= 0.3 is 0 Å². The number of hydrogen-bond acceptors (Lipinski definition) is 6. The molecule has 6 nitrogen and oxygen atoms in total. The molecule has 0 bridgehead atoms. The molecule has 3 N–H and O–H groups in total. The summed E-state index contributed by atoms with van der Waals surface area (Å²) in [5, 5.41) is 15.1. The van der Waals surface area contributed by atoms with E-state index in [9.17, 15) is 0 Å². The fraction of sp³-hybridized carbons (Fsp3) is 0.667. The predicted molar refractivity (Wildman–Crippen MR) is 71.6 cm³/mol. The molecule has 0 aliphatic carbocycles. The maximum Gasteiger partial charge on any atom is 0.158 e. The number of ether oxygens (including phenoxy) is 1. The van der Waals surface area contributed by atoms with Gasteiger partial charge in [-0.2, -0.15) is 0 Å². The van der Waals surface area contributed by atoms with Crippen LogP contribution in [0.5, 0.6) is 0 Å². The molecular formula is C12H22N4O2. The molecule has 1 aromatic rings. The molecule has 0 saturated heterocycles. The van der Waals surface area contributed by atoms with Crippen molar-refractivity contribution in [3.63, 3.8) is 0 Å². The maximum absolute atomic E-state index is 8.85. The van der Waals surface area contributed by atoms with E-state index in [0.29, 0.717) is 18.3 Å². The topological polar surface area (TPSA) is 79.3 Å². The summed E-state index contributed by atoms with van der Waals surface area (Å²) in [5.41, 5.74) is 0. The third kappa shape index (κ3) is 4.85. The van der Waals surface area contributed by atoms with Crippen LogP contribution >= 0.6 is 0 Å². The second kappa shape index (κ2) is 7.84. The molecule has 1 unspecified atom stereocenters. The summed E-state index contributed by atoms with van der Waals surface area (Å²) in [7, 11) is 3.43. The Hall–Kier alpha value is -1.40. The van der Waals surface area contributed by atoms with Crippen molar-refractivity contribution < 1.29 is 9.84 Å². The van der Waals surface area contributed by atoms with Gasteiger partial charge in [0.2, 0.25) is 0 Å². The summed E-state index contributed by atoms with van der Waals surface area (Å²) < 4.78 is 5.03. The molecule has 6 heteroatoms. The molecule has 18 heavy (non-hydrogen) atoms. The number of aliphatic hydroxyl groups excluding tert-OH is 1. The van der Waals surface area contributed by atoms with Crippen LogP contribution in [0.15, 0.2) is 6.07 Å². The van der Waals surface area contributed by atoms with E-state index in [2.05, 4.69) is 27.5 Å². The highest BCUT2D eigenvalue weighted by atomic mass is 16.5. The van der Waals surface area contributed by atoms with Crippen LogP contribution < -0.4 is 10.6 Å². The minimum atomic E-state index is 0.212. The average molecular weight is 254 g/mol. The molecule has 0 radical (unpaired) electrons. The standard InChI is InChI=1S/C12H22N4O2/c1-9(4-5-17)7-14-11-6-10(13-2)15-12(16-11)8-18-3/h6,9,17H,4-5,7-8H2,1-3H3,(H2,13,14,15,16). The van der Waals surface area contributed by atoms with Crippen molar-refractivity contribution in [2.75, 3.05) is 37.9 Å². The largest absolute Gasteiger partial charge is 0.396 e. The lowest BCUT2D eigenvalue weighted by atomic mass is 10.1. The Morgan fingerprint density at radius 3 is 2.72 bits per heavy atom. The van der Waals surface area contributed by atoms with Crippen molar-refractivity contribution in [2.45, 2.75) is 20.0 Å². The zero-order valence-electron chi connectivity index (χ0n) is 11.2. The number of anilines is 2. The van der Waals surface area contributed by atoms with Gasteiger partial charge < -0.3 is 20.5 Å². The van der Waals surface area contributed by atoms with E-state index < -0.39 is 0 Å². The summed E-state index contributed by atoms with van der Waals surface area (Å²) in [6.45, 7) is 3.45. The Balaban J connectivity index is 2.65. The van der Waals surface area contributed by atoms with Crippen LogP contribution in [0, 0.1) is 5.92 Å². The summed E-state index contributed by atoms with van der Waals surface area (Å²) in [6.07, 6.45) is 0.780. The van der Waals surface area contributed by atoms with Gasteiger partial charge in [-0.3, -0.25) is 0 Å². The Kier molecular flexibility index (Phi) is 6.38. The van der Waals surface area contributed by atoms with Gasteiger partial charge in [0.1, 0.15) is 18.2 Å². The molecular weight excluding hydrogens is 232 g/mol. The summed E-state index contributed by atoms with van der Waals surface area (Å²) in [6, 6.07) is 1.85. The molecule has 1 rings (SSSR count). The first-order valence-electron chi connectivity index (χ1n) is 6.09. The molecule has 0 amide bonds. The van der Waals surface area contributed by atoms with Gasteiger partial charge in [-0.05, 0) is 12.3 Å². The molecule has 1 aromatic heterocycles. The van der Waals surface area contributed by atoms with Crippen LogP contribution in [0.3, 0.4) is 0 Å². The zero-order valence-corrected chi connectivity index (χ0v) is 11.2. The second-order valence-corrected chi connectivity index (χ2v) is 4.24. The van der Waals surface area contributed by atoms with Crippen LogP contribution in [-0.2, 0) is 11.3 Å². The molecule has 0 saturated carbocycles. The van der Waals surface area contributed by atoms with Gasteiger partial charge in [0.05, 0.1) is 0 Å². The predicted octanol–water partition coefficient (Wildman–Crippen LogP) is 1.10. The average Bonchev–Trinajstić information content (AvgIpc) is 2.37. The molecule has 1 atom stereocenters. The number of nitrogens with one attached hydrogen (secondary N) is 2. The monoisotopic (exact) mass is 254 g/mol. The third-order valence-corrected chi connectivity index (χ3v) is 2.56. The third-order valence-electron chi connectivity index (χ3n) is 2.56. The highest BCUT2D eigenvalue weighted by Crippen LogP contribution is 2.12. The lowest BCUT2D eigenvalue weighted by Gasteiger charge is -2.13. The van der Waals surface area contributed by atoms with Gasteiger partial charge in [0.15, 0.2) is 5.82 Å².